The van der Waals surface area contributed by atoms with Crippen LogP contribution in [0.25, 0.3) is 0 Å². The fourth-order valence-electron chi connectivity index (χ4n) is 0.762. The number of ether oxygens (including phenoxy) is 1. The quantitative estimate of drug-likeness (QED) is 0.465. The van der Waals surface area contributed by atoms with Crippen LogP contribution in [0.4, 0.5) is 10.5 Å². The Morgan fingerprint density at radius 3 is 2.43 bits per heavy atom. The van der Waals surface area contributed by atoms with Crippen molar-refractivity contribution in [2.24, 2.45) is 0 Å². The molecular weight excluding hydrogens is 212 g/mol. The molecular formula is C7H5ClN2O4. The predicted molar refractivity (Wildman–Crippen MR) is 48.1 cm³/mol. The summed E-state index contributed by atoms with van der Waals surface area (Å²) in [6.07, 6.45) is -0.847. The molecule has 0 aliphatic carbocycles. The normalized spacial score (nSPS) is 9.21. The van der Waals surface area contributed by atoms with E-state index in [1.54, 1.807) is 4.84 Å². The van der Waals surface area contributed by atoms with Crippen LogP contribution in [-0.2, 0) is 0 Å². The summed E-state index contributed by atoms with van der Waals surface area (Å²) >= 11 is 4.95. The first-order valence-electron chi connectivity index (χ1n) is 3.46. The van der Waals surface area contributed by atoms with Gasteiger partial charge in [-0.3, -0.25) is 10.1 Å². The highest BCUT2D eigenvalue weighted by molar-refractivity contribution is 6.20. The number of amides is 1. The van der Waals surface area contributed by atoms with Crippen LogP contribution in [0.3, 0.4) is 0 Å². The molecule has 0 aliphatic heterocycles. The molecule has 0 heterocycles. The Balaban J connectivity index is 2.73. The van der Waals surface area contributed by atoms with Crippen molar-refractivity contribution < 1.29 is 14.5 Å². The first-order valence-corrected chi connectivity index (χ1v) is 3.84. The maximum Gasteiger partial charge on any atom is 0.427 e. The third-order valence-corrected chi connectivity index (χ3v) is 1.49. The molecule has 0 saturated carbocycles. The molecule has 0 saturated heterocycles. The van der Waals surface area contributed by atoms with Gasteiger partial charge in [-0.15, -0.1) is 0 Å². The smallest absolute Gasteiger partial charge is 0.409 e. The van der Waals surface area contributed by atoms with Gasteiger partial charge in [-0.25, -0.2) is 9.63 Å². The highest BCUT2D eigenvalue weighted by Crippen LogP contribution is 2.17. The molecule has 0 spiro atoms. The van der Waals surface area contributed by atoms with Crippen molar-refractivity contribution in [1.29, 1.82) is 0 Å². The molecule has 0 unspecified atom stereocenters. The second kappa shape index (κ2) is 4.43. The number of non-ortho nitro benzene ring substituents is 1. The van der Waals surface area contributed by atoms with Gasteiger partial charge >= 0.3 is 6.09 Å². The van der Waals surface area contributed by atoms with E-state index < -0.39 is 11.0 Å². The first kappa shape index (κ1) is 10.3. The second-order valence-electron chi connectivity index (χ2n) is 2.24. The first-order chi connectivity index (χ1) is 6.63. The summed E-state index contributed by atoms with van der Waals surface area (Å²) in [5.74, 6) is 0.175. The predicted octanol–water partition coefficient (Wildman–Crippen LogP) is 1.84. The maximum absolute atomic E-state index is 10.6. The minimum Gasteiger partial charge on any atom is -0.409 e. The van der Waals surface area contributed by atoms with Gasteiger partial charge in [0, 0.05) is 23.9 Å². The summed E-state index contributed by atoms with van der Waals surface area (Å²) in [5.41, 5.74) is -0.0800. The Labute approximate surface area is 83.7 Å². The fourth-order valence-corrected chi connectivity index (χ4v) is 0.801. The average Bonchev–Trinajstić information content (AvgIpc) is 2.18. The van der Waals surface area contributed by atoms with Crippen molar-refractivity contribution in [1.82, 2.24) is 4.84 Å². The standard InChI is InChI=1S/C7H5ClN2O4/c8-9-7(11)14-6-3-1-5(2-4-6)10(12)13/h1-4H,(H,9,11). The van der Waals surface area contributed by atoms with Crippen molar-refractivity contribution in [2.45, 2.75) is 0 Å². The summed E-state index contributed by atoms with van der Waals surface area (Å²) in [6.45, 7) is 0. The molecule has 0 radical (unpaired) electrons. The van der Waals surface area contributed by atoms with E-state index in [1.807, 2.05) is 0 Å². The fraction of sp³-hybridized carbons (Fsp3) is 0. The van der Waals surface area contributed by atoms with Gasteiger partial charge in [0.1, 0.15) is 5.75 Å². The second-order valence-corrected chi connectivity index (χ2v) is 2.42. The van der Waals surface area contributed by atoms with Crippen molar-refractivity contribution in [3.8, 4) is 5.75 Å². The molecule has 0 aliphatic rings. The van der Waals surface area contributed by atoms with Gasteiger partial charge in [-0.2, -0.15) is 0 Å². The van der Waals surface area contributed by atoms with Gasteiger partial charge in [-0.1, -0.05) is 0 Å². The minimum absolute atomic E-state index is 0.0800. The number of halogens is 1. The van der Waals surface area contributed by atoms with Crippen LogP contribution in [0.1, 0.15) is 0 Å². The Kier molecular flexibility index (Phi) is 3.24. The summed E-state index contributed by atoms with van der Waals surface area (Å²) in [7, 11) is 0. The van der Waals surface area contributed by atoms with E-state index in [-0.39, 0.29) is 11.4 Å². The van der Waals surface area contributed by atoms with E-state index in [1.165, 1.54) is 24.3 Å². The number of nitrogens with one attached hydrogen (secondary N) is 1. The molecule has 0 fully saturated rings. The Morgan fingerprint density at radius 1 is 1.43 bits per heavy atom. The number of carbonyl (C=O) groups excluding carboxylic acids is 1. The van der Waals surface area contributed by atoms with E-state index in [2.05, 4.69) is 4.74 Å². The van der Waals surface area contributed by atoms with Crippen LogP contribution >= 0.6 is 11.8 Å². The topological polar surface area (TPSA) is 81.5 Å². The number of nitro groups is 1. The van der Waals surface area contributed by atoms with Crippen LogP contribution in [0.2, 0.25) is 0 Å². The molecule has 0 bridgehead atoms. The summed E-state index contributed by atoms with van der Waals surface area (Å²) in [6, 6.07) is 5.03. The van der Waals surface area contributed by atoms with Crippen LogP contribution in [0.15, 0.2) is 24.3 Å². The lowest BCUT2D eigenvalue weighted by Gasteiger charge is -2.00. The monoisotopic (exact) mass is 216 g/mol. The SMILES string of the molecule is O=C(NCl)Oc1ccc([N+](=O)[O-])cc1. The number of benzene rings is 1. The van der Waals surface area contributed by atoms with Crippen LogP contribution in [0, 0.1) is 10.1 Å². The molecule has 7 heteroatoms. The van der Waals surface area contributed by atoms with Gasteiger partial charge in [0.05, 0.1) is 4.92 Å². The minimum atomic E-state index is -0.847. The van der Waals surface area contributed by atoms with Gasteiger partial charge in [0.2, 0.25) is 0 Å². The van der Waals surface area contributed by atoms with E-state index >= 15 is 0 Å². The molecule has 0 atom stereocenters. The molecule has 1 aromatic rings. The summed E-state index contributed by atoms with van der Waals surface area (Å²) < 4.78 is 4.59. The molecule has 1 aromatic carbocycles. The van der Waals surface area contributed by atoms with Crippen molar-refractivity contribution >= 4 is 23.6 Å². The molecule has 14 heavy (non-hydrogen) atoms. The molecule has 1 N–H and O–H groups in total. The van der Waals surface area contributed by atoms with Gasteiger partial charge in [0.25, 0.3) is 5.69 Å². The highest BCUT2D eigenvalue weighted by Gasteiger charge is 2.06. The summed E-state index contributed by atoms with van der Waals surface area (Å²) in [4.78, 5) is 22.0. The van der Waals surface area contributed by atoms with Crippen LogP contribution < -0.4 is 9.57 Å². The molecule has 6 nitrogen and oxygen atoms in total. The zero-order valence-electron chi connectivity index (χ0n) is 6.77. The average molecular weight is 217 g/mol. The Bertz CT molecular complexity index is 351. The largest absolute Gasteiger partial charge is 0.427 e. The zero-order valence-corrected chi connectivity index (χ0v) is 7.52. The molecule has 1 amide bonds. The maximum atomic E-state index is 10.6. The van der Waals surface area contributed by atoms with Crippen molar-refractivity contribution in [3.63, 3.8) is 0 Å². The summed E-state index contributed by atoms with van der Waals surface area (Å²) in [5, 5.41) is 10.3. The van der Waals surface area contributed by atoms with Gasteiger partial charge in [-0.05, 0) is 12.1 Å². The van der Waals surface area contributed by atoms with E-state index in [4.69, 9.17) is 11.8 Å². The zero-order chi connectivity index (χ0) is 10.6. The van der Waals surface area contributed by atoms with Crippen LogP contribution in [-0.4, -0.2) is 11.0 Å². The Hall–Kier alpha value is -1.82. The van der Waals surface area contributed by atoms with E-state index in [0.717, 1.165) is 0 Å². The van der Waals surface area contributed by atoms with E-state index in [0.29, 0.717) is 0 Å². The molecule has 74 valence electrons. The molecule has 1 rings (SSSR count). The van der Waals surface area contributed by atoms with Gasteiger partial charge < -0.3 is 4.74 Å². The number of carbonyl (C=O) groups is 1. The lowest BCUT2D eigenvalue weighted by atomic mass is 10.3. The number of rotatable bonds is 2. The van der Waals surface area contributed by atoms with E-state index in [9.17, 15) is 14.9 Å². The lowest BCUT2D eigenvalue weighted by molar-refractivity contribution is -0.384. The number of hydrogen-bond acceptors (Lipinski definition) is 4. The highest BCUT2D eigenvalue weighted by atomic mass is 35.5. The third kappa shape index (κ3) is 2.60. The van der Waals surface area contributed by atoms with Crippen molar-refractivity contribution in [3.05, 3.63) is 34.4 Å². The lowest BCUT2D eigenvalue weighted by Crippen LogP contribution is -2.17. The van der Waals surface area contributed by atoms with Crippen LogP contribution in [0.5, 0.6) is 5.75 Å². The third-order valence-electron chi connectivity index (χ3n) is 1.34. The van der Waals surface area contributed by atoms with Gasteiger partial charge in [0.15, 0.2) is 0 Å². The molecule has 0 aromatic heterocycles. The Morgan fingerprint density at radius 2 is 2.00 bits per heavy atom. The number of hydrogen-bond donors (Lipinski definition) is 1. The van der Waals surface area contributed by atoms with Crippen molar-refractivity contribution in [2.75, 3.05) is 0 Å². The number of nitro benzene ring substituents is 1. The number of nitrogens with zero attached hydrogens (tertiary/aromatic N) is 1.